The van der Waals surface area contributed by atoms with Gasteiger partial charge in [0.1, 0.15) is 11.4 Å². The van der Waals surface area contributed by atoms with Crippen LogP contribution < -0.4 is 19.1 Å². The van der Waals surface area contributed by atoms with E-state index in [0.717, 1.165) is 10.5 Å². The third-order valence-corrected chi connectivity index (χ3v) is 12.1. The number of urea groups is 1. The number of imide groups is 3. The van der Waals surface area contributed by atoms with E-state index in [9.17, 15) is 23.6 Å². The summed E-state index contributed by atoms with van der Waals surface area (Å²) < 4.78 is 30.5. The second kappa shape index (κ2) is 15.8. The first-order valence-electron chi connectivity index (χ1n) is 18.3. The smallest absolute Gasteiger partial charge is 0.339 e. The molecule has 1 unspecified atom stereocenters. The minimum Gasteiger partial charge on any atom is -0.493 e. The van der Waals surface area contributed by atoms with Crippen LogP contribution in [-0.2, 0) is 10.2 Å². The lowest BCUT2D eigenvalue weighted by atomic mass is 9.76. The number of likely N-dealkylation sites (tertiary alicyclic amines) is 2. The molecule has 1 spiro atoms. The number of halogens is 3. The van der Waals surface area contributed by atoms with Crippen molar-refractivity contribution in [1.82, 2.24) is 14.7 Å². The normalized spacial score (nSPS) is 19.5. The zero-order chi connectivity index (χ0) is 39.8. The number of benzene rings is 4. The van der Waals surface area contributed by atoms with E-state index in [-0.39, 0.29) is 24.3 Å². The van der Waals surface area contributed by atoms with Gasteiger partial charge in [-0.2, -0.15) is 4.90 Å². The average molecular weight is 804 g/mol. The van der Waals surface area contributed by atoms with Gasteiger partial charge in [-0.1, -0.05) is 47.5 Å². The van der Waals surface area contributed by atoms with Gasteiger partial charge in [0, 0.05) is 48.4 Å². The van der Waals surface area contributed by atoms with Gasteiger partial charge in [-0.05, 0) is 98.5 Å². The fraction of sp³-hybridized carbons (Fsp3) is 0.333. The summed E-state index contributed by atoms with van der Waals surface area (Å²) in [5.41, 5.74) is 0.0703. The summed E-state index contributed by atoms with van der Waals surface area (Å²) in [6, 6.07) is 21.7. The minimum atomic E-state index is -1.34. The average Bonchev–Trinajstić information content (AvgIpc) is 3.75. The van der Waals surface area contributed by atoms with Crippen LogP contribution in [0, 0.1) is 5.82 Å². The van der Waals surface area contributed by atoms with E-state index in [1.165, 1.54) is 50.5 Å². The Labute approximate surface area is 334 Å². The predicted molar refractivity (Wildman–Crippen MR) is 210 cm³/mol. The minimum absolute atomic E-state index is 0.189. The molecule has 7 rings (SSSR count). The molecule has 4 aromatic carbocycles. The molecule has 0 radical (unpaired) electrons. The van der Waals surface area contributed by atoms with Gasteiger partial charge >= 0.3 is 6.03 Å². The lowest BCUT2D eigenvalue weighted by molar-refractivity contribution is -0.130. The van der Waals surface area contributed by atoms with E-state index in [2.05, 4.69) is 4.90 Å². The molecule has 3 aliphatic heterocycles. The number of anilines is 1. The number of carbonyl (C=O) groups excluding carboxylic acids is 4. The molecule has 1 atom stereocenters. The van der Waals surface area contributed by atoms with Gasteiger partial charge in [-0.25, -0.2) is 9.18 Å². The van der Waals surface area contributed by atoms with Crippen LogP contribution in [0.4, 0.5) is 14.9 Å². The molecule has 3 fully saturated rings. The van der Waals surface area contributed by atoms with Crippen molar-refractivity contribution in [3.8, 4) is 17.2 Å². The second-order valence-electron chi connectivity index (χ2n) is 14.3. The first-order valence-corrected chi connectivity index (χ1v) is 19.0. The van der Waals surface area contributed by atoms with E-state index in [4.69, 9.17) is 37.4 Å². The number of methoxy groups -OCH3 is 3. The van der Waals surface area contributed by atoms with Gasteiger partial charge in [0.05, 0.1) is 31.4 Å². The Morgan fingerprint density at radius 1 is 0.750 bits per heavy atom. The standard InChI is InChI=1S/C42H41Cl2FN4O7/c1-54-34-23-28(24-35(55-2)36(34)56-3)37(50)47-22-16-41(26-47,29-9-14-32(43)33(44)25-29)15-19-46-20-17-42(18-21-46)39(52)48(38(51)27-7-5-4-6-8-27)40(53)49(42)31-12-10-30(45)11-13-31/h4-14,23-25H,15-22,26H2,1-3H3. The van der Waals surface area contributed by atoms with E-state index in [1.807, 2.05) is 17.0 Å². The van der Waals surface area contributed by atoms with Crippen LogP contribution in [0.2, 0.25) is 10.0 Å². The Kier molecular flexibility index (Phi) is 11.0. The maximum atomic E-state index is 14.3. The van der Waals surface area contributed by atoms with Crippen LogP contribution in [-0.4, -0.2) is 98.0 Å². The molecule has 0 aromatic heterocycles. The van der Waals surface area contributed by atoms with Crippen LogP contribution in [0.25, 0.3) is 0 Å². The highest BCUT2D eigenvalue weighted by atomic mass is 35.5. The number of nitrogens with zero attached hydrogens (tertiary/aromatic N) is 4. The van der Waals surface area contributed by atoms with E-state index in [0.29, 0.717) is 84.1 Å². The Bertz CT molecular complexity index is 2140. The van der Waals surface area contributed by atoms with E-state index in [1.54, 1.807) is 48.5 Å². The van der Waals surface area contributed by atoms with Gasteiger partial charge in [0.15, 0.2) is 11.5 Å². The zero-order valence-electron chi connectivity index (χ0n) is 31.2. The Morgan fingerprint density at radius 3 is 2.02 bits per heavy atom. The van der Waals surface area contributed by atoms with Gasteiger partial charge in [-0.3, -0.25) is 19.3 Å². The highest BCUT2D eigenvalue weighted by Gasteiger charge is 2.60. The Morgan fingerprint density at radius 2 is 1.41 bits per heavy atom. The number of hydrogen-bond donors (Lipinski definition) is 0. The number of ether oxygens (including phenoxy) is 3. The third kappa shape index (κ3) is 6.94. The first-order chi connectivity index (χ1) is 26.9. The second-order valence-corrected chi connectivity index (χ2v) is 15.1. The molecule has 3 aliphatic rings. The molecule has 0 aliphatic carbocycles. The molecule has 5 amide bonds. The molecule has 3 saturated heterocycles. The number of amides is 5. The summed E-state index contributed by atoms with van der Waals surface area (Å²) in [5, 5.41) is 0.842. The topological polar surface area (TPSA) is 109 Å². The molecule has 0 N–H and O–H groups in total. The largest absolute Gasteiger partial charge is 0.493 e. The number of rotatable bonds is 10. The summed E-state index contributed by atoms with van der Waals surface area (Å²) in [6.07, 6.45) is 1.79. The molecule has 0 bridgehead atoms. The fourth-order valence-corrected chi connectivity index (χ4v) is 8.61. The number of hydrogen-bond acceptors (Lipinski definition) is 8. The lowest BCUT2D eigenvalue weighted by Crippen LogP contribution is -2.57. The van der Waals surface area contributed by atoms with Crippen molar-refractivity contribution in [2.75, 3.05) is 59.0 Å². The zero-order valence-corrected chi connectivity index (χ0v) is 32.7. The molecule has 11 nitrogen and oxygen atoms in total. The molecule has 3 heterocycles. The molecule has 4 aromatic rings. The highest BCUT2D eigenvalue weighted by molar-refractivity contribution is 6.42. The number of carbonyl (C=O) groups is 4. The molecule has 56 heavy (non-hydrogen) atoms. The fourth-order valence-electron chi connectivity index (χ4n) is 8.31. The maximum Gasteiger partial charge on any atom is 0.339 e. The van der Waals surface area contributed by atoms with Crippen molar-refractivity contribution >= 4 is 52.6 Å². The molecule has 0 saturated carbocycles. The van der Waals surface area contributed by atoms with Crippen LogP contribution in [0.1, 0.15) is 52.0 Å². The summed E-state index contributed by atoms with van der Waals surface area (Å²) in [4.78, 5) is 62.2. The molecule has 292 valence electrons. The van der Waals surface area contributed by atoms with Crippen molar-refractivity contribution < 1.29 is 37.8 Å². The van der Waals surface area contributed by atoms with Crippen LogP contribution >= 0.6 is 23.2 Å². The maximum absolute atomic E-state index is 14.3. The van der Waals surface area contributed by atoms with Crippen molar-refractivity contribution in [2.24, 2.45) is 0 Å². The Balaban J connectivity index is 1.13. The predicted octanol–water partition coefficient (Wildman–Crippen LogP) is 7.48. The summed E-state index contributed by atoms with van der Waals surface area (Å²) in [6.45, 7) is 2.37. The number of piperidine rings is 1. The van der Waals surface area contributed by atoms with E-state index >= 15 is 0 Å². The lowest BCUT2D eigenvalue weighted by Gasteiger charge is -2.43. The third-order valence-electron chi connectivity index (χ3n) is 11.4. The molecular weight excluding hydrogens is 762 g/mol. The summed E-state index contributed by atoms with van der Waals surface area (Å²) in [7, 11) is 4.50. The van der Waals surface area contributed by atoms with Gasteiger partial charge in [0.25, 0.3) is 17.7 Å². The van der Waals surface area contributed by atoms with Crippen molar-refractivity contribution in [2.45, 2.75) is 36.6 Å². The van der Waals surface area contributed by atoms with E-state index < -0.39 is 34.6 Å². The first kappa shape index (κ1) is 39.1. The van der Waals surface area contributed by atoms with Crippen molar-refractivity contribution in [3.63, 3.8) is 0 Å². The van der Waals surface area contributed by atoms with Crippen LogP contribution in [0.5, 0.6) is 17.2 Å². The summed E-state index contributed by atoms with van der Waals surface area (Å²) in [5.74, 6) is -0.833. The quantitative estimate of drug-likeness (QED) is 0.120. The SMILES string of the molecule is COc1cc(C(=O)N2CCC(CCN3CCC4(CC3)C(=O)N(C(=O)c3ccccc3)C(=O)N4c3ccc(F)cc3)(c3ccc(Cl)c(Cl)c3)C2)cc(OC)c1OC. The van der Waals surface area contributed by atoms with Crippen molar-refractivity contribution in [1.29, 1.82) is 0 Å². The van der Waals surface area contributed by atoms with Gasteiger partial charge in [-0.15, -0.1) is 0 Å². The van der Waals surface area contributed by atoms with Gasteiger partial charge < -0.3 is 24.0 Å². The van der Waals surface area contributed by atoms with Crippen LogP contribution in [0.15, 0.2) is 84.9 Å². The van der Waals surface area contributed by atoms with Crippen molar-refractivity contribution in [3.05, 3.63) is 117 Å². The Hall–Kier alpha value is -5.17. The highest BCUT2D eigenvalue weighted by Crippen LogP contribution is 2.45. The summed E-state index contributed by atoms with van der Waals surface area (Å²) >= 11 is 12.9. The van der Waals surface area contributed by atoms with Crippen LogP contribution in [0.3, 0.4) is 0 Å². The van der Waals surface area contributed by atoms with Gasteiger partial charge in [0.2, 0.25) is 5.75 Å². The monoisotopic (exact) mass is 802 g/mol. The molecule has 14 heteroatoms. The molecular formula is C42H41Cl2FN4O7.